The second-order valence-corrected chi connectivity index (χ2v) is 4.82. The molecule has 1 aromatic rings. The maximum absolute atomic E-state index is 11.9. The molecule has 2 unspecified atom stereocenters. The minimum atomic E-state index is -0.101. The average Bonchev–Trinajstić information content (AvgIpc) is 2.76. The van der Waals surface area contributed by atoms with Crippen LogP contribution in [0.2, 0.25) is 0 Å². The first-order chi connectivity index (χ1) is 8.19. The van der Waals surface area contributed by atoms with Gasteiger partial charge in [0.05, 0.1) is 0 Å². The number of nitrogen functional groups attached to an aromatic ring is 1. The van der Waals surface area contributed by atoms with Crippen molar-refractivity contribution in [1.29, 1.82) is 0 Å². The van der Waals surface area contributed by atoms with Crippen LogP contribution in [0.25, 0.3) is 0 Å². The summed E-state index contributed by atoms with van der Waals surface area (Å²) in [5.41, 5.74) is 5.92. The second kappa shape index (κ2) is 5.21. The van der Waals surface area contributed by atoms with E-state index in [4.69, 9.17) is 5.73 Å². The van der Waals surface area contributed by atoms with Crippen molar-refractivity contribution in [3.63, 3.8) is 0 Å². The first-order valence-electron chi connectivity index (χ1n) is 6.30. The van der Waals surface area contributed by atoms with Crippen LogP contribution in [0.15, 0.2) is 6.07 Å². The fourth-order valence-electron chi connectivity index (χ4n) is 2.51. The van der Waals surface area contributed by atoms with Crippen LogP contribution in [-0.2, 0) is 0 Å². The van der Waals surface area contributed by atoms with Gasteiger partial charge < -0.3 is 11.1 Å². The molecule has 2 rings (SSSR count). The lowest BCUT2D eigenvalue weighted by atomic mass is 9.84. The lowest BCUT2D eigenvalue weighted by molar-refractivity contribution is 0.0914. The predicted molar refractivity (Wildman–Crippen MR) is 66.5 cm³/mol. The van der Waals surface area contributed by atoms with E-state index in [1.54, 1.807) is 6.07 Å². The average molecular weight is 236 g/mol. The van der Waals surface area contributed by atoms with Crippen molar-refractivity contribution in [3.05, 3.63) is 11.8 Å². The highest BCUT2D eigenvalue weighted by molar-refractivity contribution is 5.93. The molecule has 1 aliphatic rings. The van der Waals surface area contributed by atoms with E-state index in [0.29, 0.717) is 17.6 Å². The Balaban J connectivity index is 1.90. The molecule has 1 amide bonds. The Morgan fingerprint density at radius 3 is 3.12 bits per heavy atom. The molecule has 1 fully saturated rings. The third kappa shape index (κ3) is 2.99. The lowest BCUT2D eigenvalue weighted by Crippen LogP contribution is -2.38. The van der Waals surface area contributed by atoms with E-state index < -0.39 is 0 Å². The van der Waals surface area contributed by atoms with Gasteiger partial charge in [-0.25, -0.2) is 0 Å². The Morgan fingerprint density at radius 2 is 2.47 bits per heavy atom. The lowest BCUT2D eigenvalue weighted by Gasteiger charge is -2.28. The van der Waals surface area contributed by atoms with Crippen LogP contribution in [0.3, 0.4) is 0 Å². The number of anilines is 1. The number of nitrogens with two attached hydrogens (primary N) is 1. The number of nitrogens with one attached hydrogen (secondary N) is 2. The normalized spacial score (nSPS) is 24.5. The summed E-state index contributed by atoms with van der Waals surface area (Å²) < 4.78 is 0. The zero-order valence-corrected chi connectivity index (χ0v) is 10.2. The highest BCUT2D eigenvalue weighted by Gasteiger charge is 2.22. The second-order valence-electron chi connectivity index (χ2n) is 4.82. The van der Waals surface area contributed by atoms with Crippen LogP contribution in [0, 0.1) is 5.92 Å². The fourth-order valence-corrected chi connectivity index (χ4v) is 2.51. The molecule has 5 nitrogen and oxygen atoms in total. The Hall–Kier alpha value is -1.52. The van der Waals surface area contributed by atoms with Crippen molar-refractivity contribution in [3.8, 4) is 0 Å². The molecule has 0 bridgehead atoms. The monoisotopic (exact) mass is 236 g/mol. The molecular formula is C12H20N4O. The Labute approximate surface area is 101 Å². The van der Waals surface area contributed by atoms with Crippen molar-refractivity contribution >= 4 is 11.7 Å². The molecule has 94 valence electrons. The van der Waals surface area contributed by atoms with E-state index in [2.05, 4.69) is 22.4 Å². The van der Waals surface area contributed by atoms with Gasteiger partial charge in [-0.1, -0.05) is 26.2 Å². The molecule has 1 aromatic heterocycles. The molecule has 0 radical (unpaired) electrons. The Morgan fingerprint density at radius 1 is 1.65 bits per heavy atom. The van der Waals surface area contributed by atoms with Crippen LogP contribution in [-0.4, -0.2) is 22.1 Å². The molecule has 17 heavy (non-hydrogen) atoms. The molecule has 1 heterocycles. The maximum Gasteiger partial charge on any atom is 0.269 e. The number of aromatic amines is 1. The largest absolute Gasteiger partial charge is 0.382 e. The van der Waals surface area contributed by atoms with Gasteiger partial charge in [0.1, 0.15) is 11.5 Å². The van der Waals surface area contributed by atoms with Crippen LogP contribution in [0.5, 0.6) is 0 Å². The van der Waals surface area contributed by atoms with Crippen molar-refractivity contribution in [2.45, 2.75) is 45.1 Å². The van der Waals surface area contributed by atoms with Gasteiger partial charge in [0, 0.05) is 12.1 Å². The van der Waals surface area contributed by atoms with Gasteiger partial charge in [-0.2, -0.15) is 5.10 Å². The quantitative estimate of drug-likeness (QED) is 0.746. The van der Waals surface area contributed by atoms with E-state index in [1.807, 2.05) is 0 Å². The highest BCUT2D eigenvalue weighted by Crippen LogP contribution is 2.26. The summed E-state index contributed by atoms with van der Waals surface area (Å²) in [5.74, 6) is 1.00. The van der Waals surface area contributed by atoms with Gasteiger partial charge in [0.15, 0.2) is 0 Å². The summed E-state index contributed by atoms with van der Waals surface area (Å²) in [5, 5.41) is 9.43. The number of carbonyl (C=O) groups is 1. The zero-order chi connectivity index (χ0) is 12.3. The SMILES string of the molecule is CCC1CCCC(NC(=O)c2cc(N)n[nH]2)C1. The van der Waals surface area contributed by atoms with Gasteiger partial charge in [0.25, 0.3) is 5.91 Å². The van der Waals surface area contributed by atoms with E-state index in [0.717, 1.165) is 18.8 Å². The number of aromatic nitrogens is 2. The molecule has 0 aromatic carbocycles. The molecule has 0 spiro atoms. The Bertz CT molecular complexity index is 388. The number of carbonyl (C=O) groups excluding carboxylic acids is 1. The summed E-state index contributed by atoms with van der Waals surface area (Å²) in [4.78, 5) is 11.9. The van der Waals surface area contributed by atoms with Gasteiger partial charge >= 0.3 is 0 Å². The molecule has 0 saturated heterocycles. The predicted octanol–water partition coefficient (Wildman–Crippen LogP) is 1.69. The van der Waals surface area contributed by atoms with Crippen molar-refractivity contribution in [1.82, 2.24) is 15.5 Å². The van der Waals surface area contributed by atoms with Gasteiger partial charge in [0.2, 0.25) is 0 Å². The minimum absolute atomic E-state index is 0.101. The number of H-pyrrole nitrogens is 1. The van der Waals surface area contributed by atoms with Gasteiger partial charge in [-0.15, -0.1) is 0 Å². The van der Waals surface area contributed by atoms with E-state index >= 15 is 0 Å². The van der Waals surface area contributed by atoms with E-state index in [9.17, 15) is 4.79 Å². The van der Waals surface area contributed by atoms with E-state index in [1.165, 1.54) is 19.3 Å². The minimum Gasteiger partial charge on any atom is -0.382 e. The summed E-state index contributed by atoms with van der Waals surface area (Å²) in [7, 11) is 0. The zero-order valence-electron chi connectivity index (χ0n) is 10.2. The number of amides is 1. The number of hydrogen-bond acceptors (Lipinski definition) is 3. The molecule has 2 atom stereocenters. The van der Waals surface area contributed by atoms with Crippen LogP contribution in [0.4, 0.5) is 5.82 Å². The smallest absolute Gasteiger partial charge is 0.269 e. The maximum atomic E-state index is 11.9. The van der Waals surface area contributed by atoms with Crippen molar-refractivity contribution in [2.24, 2.45) is 5.92 Å². The summed E-state index contributed by atoms with van der Waals surface area (Å²) in [6, 6.07) is 1.86. The molecule has 4 N–H and O–H groups in total. The highest BCUT2D eigenvalue weighted by atomic mass is 16.2. The summed E-state index contributed by atoms with van der Waals surface area (Å²) in [6.07, 6.45) is 5.86. The fraction of sp³-hybridized carbons (Fsp3) is 0.667. The van der Waals surface area contributed by atoms with Crippen LogP contribution in [0.1, 0.15) is 49.5 Å². The molecule has 0 aliphatic heterocycles. The van der Waals surface area contributed by atoms with Gasteiger partial charge in [-0.3, -0.25) is 9.89 Å². The molecule has 1 aliphatic carbocycles. The molecule has 1 saturated carbocycles. The summed E-state index contributed by atoms with van der Waals surface area (Å²) >= 11 is 0. The van der Waals surface area contributed by atoms with Crippen molar-refractivity contribution in [2.75, 3.05) is 5.73 Å². The number of hydrogen-bond donors (Lipinski definition) is 3. The topological polar surface area (TPSA) is 83.8 Å². The van der Waals surface area contributed by atoms with Gasteiger partial charge in [-0.05, 0) is 18.8 Å². The number of rotatable bonds is 3. The van der Waals surface area contributed by atoms with Crippen LogP contribution >= 0.6 is 0 Å². The third-order valence-electron chi connectivity index (χ3n) is 3.54. The first-order valence-corrected chi connectivity index (χ1v) is 6.30. The number of nitrogens with zero attached hydrogens (tertiary/aromatic N) is 1. The standard InChI is InChI=1S/C12H20N4O/c1-2-8-4-3-5-9(6-8)14-12(17)10-7-11(13)16-15-10/h7-9H,2-6H2,1H3,(H,14,17)(H3,13,15,16). The molecular weight excluding hydrogens is 216 g/mol. The van der Waals surface area contributed by atoms with Crippen LogP contribution < -0.4 is 11.1 Å². The molecule has 5 heteroatoms. The third-order valence-corrected chi connectivity index (χ3v) is 3.54. The van der Waals surface area contributed by atoms with E-state index in [-0.39, 0.29) is 5.91 Å². The Kier molecular flexibility index (Phi) is 3.66. The summed E-state index contributed by atoms with van der Waals surface area (Å²) in [6.45, 7) is 2.21. The van der Waals surface area contributed by atoms with Crippen molar-refractivity contribution < 1.29 is 4.79 Å². The first kappa shape index (κ1) is 12.0.